The van der Waals surface area contributed by atoms with Gasteiger partial charge >= 0.3 is 6.09 Å². The predicted molar refractivity (Wildman–Crippen MR) is 116 cm³/mol. The van der Waals surface area contributed by atoms with E-state index in [0.717, 1.165) is 51.3 Å². The second-order valence-corrected chi connectivity index (χ2v) is 7.07. The number of aliphatic imine (C=N–C) groups is 1. The van der Waals surface area contributed by atoms with Crippen LogP contribution in [0.15, 0.2) is 35.3 Å². The van der Waals surface area contributed by atoms with E-state index in [1.165, 1.54) is 5.56 Å². The first kappa shape index (κ1) is 23.0. The number of amides is 1. The molecule has 0 atom stereocenters. The van der Waals surface area contributed by atoms with Crippen molar-refractivity contribution in [2.75, 3.05) is 46.0 Å². The van der Waals surface area contributed by atoms with Crippen LogP contribution in [0.4, 0.5) is 4.79 Å². The summed E-state index contributed by atoms with van der Waals surface area (Å²) in [6, 6.07) is 10.7. The maximum absolute atomic E-state index is 11.8. The number of carbonyl (C=O) groups excluding carboxylic acids is 1. The molecule has 0 spiro atoms. The summed E-state index contributed by atoms with van der Waals surface area (Å²) in [6.07, 6.45) is 3.42. The Labute approximate surface area is 174 Å². The van der Waals surface area contributed by atoms with Crippen LogP contribution >= 0.6 is 0 Å². The summed E-state index contributed by atoms with van der Waals surface area (Å²) in [7, 11) is 0. The zero-order chi connectivity index (χ0) is 20.7. The molecule has 7 heteroatoms. The zero-order valence-corrected chi connectivity index (χ0v) is 17.9. The number of hydrogen-bond donors (Lipinski definition) is 2. The van der Waals surface area contributed by atoms with Crippen LogP contribution in [0.3, 0.4) is 0 Å². The Morgan fingerprint density at radius 1 is 1.17 bits per heavy atom. The molecule has 1 aliphatic rings. The van der Waals surface area contributed by atoms with Crippen molar-refractivity contribution in [1.82, 2.24) is 15.5 Å². The lowest BCUT2D eigenvalue weighted by Gasteiger charge is -2.32. The number of piperidine rings is 1. The number of rotatable bonds is 10. The van der Waals surface area contributed by atoms with E-state index in [4.69, 9.17) is 9.47 Å². The first-order valence-electron chi connectivity index (χ1n) is 10.8. The largest absolute Gasteiger partial charge is 0.450 e. The summed E-state index contributed by atoms with van der Waals surface area (Å²) < 4.78 is 10.8. The minimum atomic E-state index is -0.209. The monoisotopic (exact) mass is 404 g/mol. The molecule has 1 aromatic rings. The lowest BCUT2D eigenvalue weighted by atomic mass is 10.1. The van der Waals surface area contributed by atoms with Gasteiger partial charge in [0.15, 0.2) is 5.96 Å². The summed E-state index contributed by atoms with van der Waals surface area (Å²) in [6.45, 7) is 8.75. The standard InChI is InChI=1S/C22H36N4O3/c1-3-23-21(25-20-11-15-26(16-12-20)22(27)29-4-2)24-14-8-17-28-18-13-19-9-6-5-7-10-19/h5-7,9-10,20H,3-4,8,11-18H2,1-2H3,(H2,23,24,25). The van der Waals surface area contributed by atoms with Gasteiger partial charge in [-0.1, -0.05) is 30.3 Å². The van der Waals surface area contributed by atoms with Gasteiger partial charge in [-0.2, -0.15) is 0 Å². The van der Waals surface area contributed by atoms with Crippen LogP contribution in [0, 0.1) is 0 Å². The molecule has 1 aliphatic heterocycles. The van der Waals surface area contributed by atoms with E-state index < -0.39 is 0 Å². The second kappa shape index (κ2) is 13.8. The Bertz CT molecular complexity index is 601. The van der Waals surface area contributed by atoms with Crippen molar-refractivity contribution < 1.29 is 14.3 Å². The van der Waals surface area contributed by atoms with Crippen molar-refractivity contribution >= 4 is 12.1 Å². The quantitative estimate of drug-likeness (QED) is 0.356. The van der Waals surface area contributed by atoms with Crippen LogP contribution in [-0.2, 0) is 15.9 Å². The van der Waals surface area contributed by atoms with Crippen LogP contribution in [0.5, 0.6) is 0 Å². The van der Waals surface area contributed by atoms with Crippen molar-refractivity contribution in [1.29, 1.82) is 0 Å². The molecule has 0 aliphatic carbocycles. The van der Waals surface area contributed by atoms with Crippen LogP contribution in [0.1, 0.15) is 38.7 Å². The van der Waals surface area contributed by atoms with Gasteiger partial charge in [0.25, 0.3) is 0 Å². The van der Waals surface area contributed by atoms with E-state index >= 15 is 0 Å². The van der Waals surface area contributed by atoms with E-state index in [-0.39, 0.29) is 6.09 Å². The van der Waals surface area contributed by atoms with Crippen molar-refractivity contribution in [3.05, 3.63) is 35.9 Å². The highest BCUT2D eigenvalue weighted by molar-refractivity contribution is 5.80. The smallest absolute Gasteiger partial charge is 0.409 e. The molecule has 7 nitrogen and oxygen atoms in total. The normalized spacial score (nSPS) is 15.2. The van der Waals surface area contributed by atoms with Gasteiger partial charge in [-0.3, -0.25) is 4.99 Å². The van der Waals surface area contributed by atoms with Gasteiger partial charge < -0.3 is 25.0 Å². The molecule has 1 heterocycles. The third-order valence-electron chi connectivity index (χ3n) is 4.80. The maximum Gasteiger partial charge on any atom is 0.409 e. The Balaban J connectivity index is 1.62. The van der Waals surface area contributed by atoms with Crippen LogP contribution in [0.25, 0.3) is 0 Å². The molecule has 0 radical (unpaired) electrons. The van der Waals surface area contributed by atoms with Crippen molar-refractivity contribution in [3.63, 3.8) is 0 Å². The molecule has 2 N–H and O–H groups in total. The summed E-state index contributed by atoms with van der Waals surface area (Å²) in [5.41, 5.74) is 1.30. The summed E-state index contributed by atoms with van der Waals surface area (Å²) in [5.74, 6) is 0.839. The number of hydrogen-bond acceptors (Lipinski definition) is 4. The number of carbonyl (C=O) groups is 1. The highest BCUT2D eigenvalue weighted by Gasteiger charge is 2.23. The average molecular weight is 405 g/mol. The van der Waals surface area contributed by atoms with Gasteiger partial charge in [0, 0.05) is 38.8 Å². The SMILES string of the molecule is CCNC(=NCCCOCCc1ccccc1)NC1CCN(C(=O)OCC)CC1. The molecule has 0 saturated carbocycles. The fourth-order valence-electron chi connectivity index (χ4n) is 3.23. The van der Waals surface area contributed by atoms with E-state index in [9.17, 15) is 4.79 Å². The molecule has 0 unspecified atom stereocenters. The third kappa shape index (κ3) is 9.17. The Morgan fingerprint density at radius 2 is 1.93 bits per heavy atom. The van der Waals surface area contributed by atoms with Gasteiger partial charge in [0.05, 0.1) is 13.2 Å². The number of nitrogens with one attached hydrogen (secondary N) is 2. The van der Waals surface area contributed by atoms with Crippen molar-refractivity contribution in [2.24, 2.45) is 4.99 Å². The van der Waals surface area contributed by atoms with Gasteiger partial charge in [0.2, 0.25) is 0 Å². The zero-order valence-electron chi connectivity index (χ0n) is 17.9. The predicted octanol–water partition coefficient (Wildman–Crippen LogP) is 2.81. The summed E-state index contributed by atoms with van der Waals surface area (Å²) >= 11 is 0. The number of likely N-dealkylation sites (tertiary alicyclic amines) is 1. The first-order chi connectivity index (χ1) is 14.2. The molecule has 1 amide bonds. The minimum Gasteiger partial charge on any atom is -0.450 e. The Hall–Kier alpha value is -2.28. The molecule has 162 valence electrons. The van der Waals surface area contributed by atoms with E-state index in [1.807, 2.05) is 13.0 Å². The lowest BCUT2D eigenvalue weighted by molar-refractivity contribution is 0.0963. The van der Waals surface area contributed by atoms with Crippen LogP contribution in [0.2, 0.25) is 0 Å². The van der Waals surface area contributed by atoms with Crippen LogP contribution in [-0.4, -0.2) is 69.0 Å². The van der Waals surface area contributed by atoms with Gasteiger partial charge in [-0.15, -0.1) is 0 Å². The fraction of sp³-hybridized carbons (Fsp3) is 0.636. The second-order valence-electron chi connectivity index (χ2n) is 7.07. The highest BCUT2D eigenvalue weighted by atomic mass is 16.6. The third-order valence-corrected chi connectivity index (χ3v) is 4.80. The van der Waals surface area contributed by atoms with Crippen molar-refractivity contribution in [2.45, 2.75) is 45.6 Å². The highest BCUT2D eigenvalue weighted by Crippen LogP contribution is 2.11. The molecule has 1 fully saturated rings. The molecule has 0 aromatic heterocycles. The Kier molecular flexibility index (Phi) is 11.0. The van der Waals surface area contributed by atoms with Gasteiger partial charge in [0.1, 0.15) is 0 Å². The molecular formula is C22H36N4O3. The molecule has 0 bridgehead atoms. The average Bonchev–Trinajstić information content (AvgIpc) is 2.74. The molecule has 1 aromatic carbocycles. The fourth-order valence-corrected chi connectivity index (χ4v) is 3.23. The molecule has 2 rings (SSSR count). The van der Waals surface area contributed by atoms with Crippen LogP contribution < -0.4 is 10.6 Å². The first-order valence-corrected chi connectivity index (χ1v) is 10.8. The maximum atomic E-state index is 11.8. The van der Waals surface area contributed by atoms with Gasteiger partial charge in [-0.25, -0.2) is 4.79 Å². The van der Waals surface area contributed by atoms with Crippen molar-refractivity contribution in [3.8, 4) is 0 Å². The Morgan fingerprint density at radius 3 is 2.62 bits per heavy atom. The lowest BCUT2D eigenvalue weighted by Crippen LogP contribution is -2.49. The number of ether oxygens (including phenoxy) is 2. The number of guanidine groups is 1. The van der Waals surface area contributed by atoms with E-state index in [1.54, 1.807) is 4.90 Å². The summed E-state index contributed by atoms with van der Waals surface area (Å²) in [4.78, 5) is 18.2. The molecular weight excluding hydrogens is 368 g/mol. The van der Waals surface area contributed by atoms with E-state index in [0.29, 0.717) is 32.3 Å². The van der Waals surface area contributed by atoms with E-state index in [2.05, 4.69) is 46.8 Å². The molecule has 1 saturated heterocycles. The number of nitrogens with zero attached hydrogens (tertiary/aromatic N) is 2. The molecule has 29 heavy (non-hydrogen) atoms. The summed E-state index contributed by atoms with van der Waals surface area (Å²) in [5, 5.41) is 6.79. The topological polar surface area (TPSA) is 75.2 Å². The number of benzene rings is 1. The van der Waals surface area contributed by atoms with Gasteiger partial charge in [-0.05, 0) is 45.1 Å². The minimum absolute atomic E-state index is 0.209.